The lowest BCUT2D eigenvalue weighted by atomic mass is 10.1. The molecule has 0 spiro atoms. The molecule has 9 heteroatoms. The van der Waals surface area contributed by atoms with E-state index in [9.17, 15) is 0 Å². The van der Waals surface area contributed by atoms with E-state index >= 15 is 0 Å². The van der Waals surface area contributed by atoms with Gasteiger partial charge in [-0.2, -0.15) is 9.67 Å². The number of anilines is 1. The average molecular weight is 446 g/mol. The minimum absolute atomic E-state index is 0.187. The van der Waals surface area contributed by atoms with Crippen LogP contribution in [0.1, 0.15) is 34.2 Å². The average Bonchev–Trinajstić information content (AvgIpc) is 3.18. The largest absolute Gasteiger partial charge is 0.493 e. The van der Waals surface area contributed by atoms with Crippen LogP contribution >= 0.6 is 0 Å². The summed E-state index contributed by atoms with van der Waals surface area (Å²) in [4.78, 5) is 18.1. The van der Waals surface area contributed by atoms with E-state index in [2.05, 4.69) is 31.1 Å². The molecule has 0 saturated heterocycles. The highest BCUT2D eigenvalue weighted by molar-refractivity contribution is 5.44. The number of aryl methyl sites for hydroxylation is 4. The van der Waals surface area contributed by atoms with Crippen LogP contribution in [-0.4, -0.2) is 43.9 Å². The van der Waals surface area contributed by atoms with Crippen molar-refractivity contribution in [2.75, 3.05) is 20.0 Å². The summed E-state index contributed by atoms with van der Waals surface area (Å²) in [6.07, 6.45) is 3.90. The van der Waals surface area contributed by atoms with Crippen LogP contribution in [0.25, 0.3) is 5.82 Å². The van der Waals surface area contributed by atoms with Crippen molar-refractivity contribution in [3.63, 3.8) is 0 Å². The maximum Gasteiger partial charge on any atom is 0.240 e. The van der Waals surface area contributed by atoms with E-state index in [4.69, 9.17) is 15.2 Å². The Kier molecular flexibility index (Phi) is 6.48. The summed E-state index contributed by atoms with van der Waals surface area (Å²) >= 11 is 0. The summed E-state index contributed by atoms with van der Waals surface area (Å²) in [7, 11) is 3.22. The van der Waals surface area contributed by atoms with Crippen LogP contribution in [0.3, 0.4) is 0 Å². The number of pyridine rings is 1. The lowest BCUT2D eigenvalue weighted by molar-refractivity contribution is 0.354. The van der Waals surface area contributed by atoms with Gasteiger partial charge in [-0.3, -0.25) is 4.98 Å². The van der Waals surface area contributed by atoms with Gasteiger partial charge in [0.25, 0.3) is 0 Å². The molecular weight excluding hydrogens is 418 g/mol. The zero-order chi connectivity index (χ0) is 23.4. The van der Waals surface area contributed by atoms with Crippen LogP contribution in [0.4, 0.5) is 5.95 Å². The van der Waals surface area contributed by atoms with Gasteiger partial charge in [0.1, 0.15) is 11.6 Å². The van der Waals surface area contributed by atoms with Gasteiger partial charge in [0.15, 0.2) is 17.3 Å². The molecule has 3 heterocycles. The number of hydrogen-bond donors (Lipinski definition) is 1. The molecule has 0 saturated carbocycles. The number of rotatable bonds is 8. The van der Waals surface area contributed by atoms with E-state index < -0.39 is 0 Å². The van der Waals surface area contributed by atoms with E-state index in [0.29, 0.717) is 35.4 Å². The summed E-state index contributed by atoms with van der Waals surface area (Å²) in [5.74, 6) is 3.47. The SMILES string of the molecule is COc1ccc(Cc2nc(N)nn2-c2cc(CCc3ccc(C)cn3)nc(C)n2)cc1OC. The maximum atomic E-state index is 5.96. The van der Waals surface area contributed by atoms with Crippen LogP contribution in [0, 0.1) is 13.8 Å². The summed E-state index contributed by atoms with van der Waals surface area (Å²) < 4.78 is 12.4. The highest BCUT2D eigenvalue weighted by atomic mass is 16.5. The lowest BCUT2D eigenvalue weighted by Gasteiger charge is -2.11. The van der Waals surface area contributed by atoms with Crippen molar-refractivity contribution in [2.45, 2.75) is 33.1 Å². The number of hydrogen-bond acceptors (Lipinski definition) is 8. The molecule has 0 aliphatic rings. The first-order valence-electron chi connectivity index (χ1n) is 10.6. The number of aromatic nitrogens is 6. The number of nitrogens with two attached hydrogens (primary N) is 1. The molecule has 0 fully saturated rings. The van der Waals surface area contributed by atoms with Gasteiger partial charge in [-0.15, -0.1) is 5.10 Å². The molecule has 0 radical (unpaired) electrons. The van der Waals surface area contributed by atoms with Crippen molar-refractivity contribution in [3.8, 4) is 17.3 Å². The van der Waals surface area contributed by atoms with E-state index in [0.717, 1.165) is 35.4 Å². The quantitative estimate of drug-likeness (QED) is 0.440. The van der Waals surface area contributed by atoms with Crippen molar-refractivity contribution in [1.82, 2.24) is 29.7 Å². The molecular formula is C24H27N7O2. The molecule has 4 rings (SSSR count). The number of nitrogens with zero attached hydrogens (tertiary/aromatic N) is 6. The van der Waals surface area contributed by atoms with E-state index in [1.165, 1.54) is 0 Å². The van der Waals surface area contributed by atoms with Gasteiger partial charge >= 0.3 is 0 Å². The first-order chi connectivity index (χ1) is 15.9. The fraction of sp³-hybridized carbons (Fsp3) is 0.292. The van der Waals surface area contributed by atoms with Gasteiger partial charge < -0.3 is 15.2 Å². The van der Waals surface area contributed by atoms with Crippen molar-refractivity contribution in [3.05, 3.63) is 76.8 Å². The second-order valence-electron chi connectivity index (χ2n) is 7.76. The first kappa shape index (κ1) is 22.2. The van der Waals surface area contributed by atoms with Crippen molar-refractivity contribution < 1.29 is 9.47 Å². The monoisotopic (exact) mass is 445 g/mol. The van der Waals surface area contributed by atoms with Gasteiger partial charge in [0.2, 0.25) is 5.95 Å². The minimum Gasteiger partial charge on any atom is -0.493 e. The molecule has 2 N–H and O–H groups in total. The Bertz CT molecular complexity index is 1250. The third-order valence-corrected chi connectivity index (χ3v) is 5.21. The molecule has 170 valence electrons. The molecule has 0 bridgehead atoms. The van der Waals surface area contributed by atoms with Gasteiger partial charge in [-0.25, -0.2) is 9.97 Å². The van der Waals surface area contributed by atoms with Crippen molar-refractivity contribution in [1.29, 1.82) is 0 Å². The number of methoxy groups -OCH3 is 2. The topological polar surface area (TPSA) is 114 Å². The molecule has 0 atom stereocenters. The van der Waals surface area contributed by atoms with Gasteiger partial charge in [-0.05, 0) is 56.0 Å². The first-order valence-corrected chi connectivity index (χ1v) is 10.6. The second-order valence-corrected chi connectivity index (χ2v) is 7.76. The Labute approximate surface area is 192 Å². The van der Waals surface area contributed by atoms with Crippen molar-refractivity contribution >= 4 is 5.95 Å². The molecule has 0 unspecified atom stereocenters. The fourth-order valence-corrected chi connectivity index (χ4v) is 3.58. The summed E-state index contributed by atoms with van der Waals surface area (Å²) in [6.45, 7) is 3.89. The highest BCUT2D eigenvalue weighted by Crippen LogP contribution is 2.28. The van der Waals surface area contributed by atoms with Gasteiger partial charge in [0.05, 0.1) is 14.2 Å². The number of benzene rings is 1. The Morgan fingerprint density at radius 1 is 0.879 bits per heavy atom. The van der Waals surface area contributed by atoms with Gasteiger partial charge in [0, 0.05) is 30.1 Å². The zero-order valence-electron chi connectivity index (χ0n) is 19.2. The standard InChI is InChI=1S/C24H27N7O2/c1-15-5-7-18(26-14-15)8-9-19-13-23(28-16(2)27-19)31-22(29-24(25)30-31)12-17-6-10-20(32-3)21(11-17)33-4/h5-7,10-11,13-14H,8-9,12H2,1-4H3,(H2,25,30). The third-order valence-electron chi connectivity index (χ3n) is 5.21. The Hall–Kier alpha value is -4.01. The second kappa shape index (κ2) is 9.64. The minimum atomic E-state index is 0.187. The third kappa shape index (κ3) is 5.25. The highest BCUT2D eigenvalue weighted by Gasteiger charge is 2.15. The molecule has 0 aliphatic heterocycles. The van der Waals surface area contributed by atoms with E-state index in [1.807, 2.05) is 50.4 Å². The van der Waals surface area contributed by atoms with Crippen LogP contribution < -0.4 is 15.2 Å². The predicted molar refractivity (Wildman–Crippen MR) is 125 cm³/mol. The number of nitrogen functional groups attached to an aromatic ring is 1. The molecule has 33 heavy (non-hydrogen) atoms. The fourth-order valence-electron chi connectivity index (χ4n) is 3.58. The van der Waals surface area contributed by atoms with Crippen LogP contribution in [0.15, 0.2) is 42.6 Å². The maximum absolute atomic E-state index is 5.96. The molecule has 9 nitrogen and oxygen atoms in total. The summed E-state index contributed by atoms with van der Waals surface area (Å²) in [5, 5.41) is 4.39. The normalized spacial score (nSPS) is 10.9. The molecule has 0 amide bonds. The van der Waals surface area contributed by atoms with Crippen LogP contribution in [0.2, 0.25) is 0 Å². The Morgan fingerprint density at radius 2 is 1.67 bits per heavy atom. The molecule has 4 aromatic rings. The van der Waals surface area contributed by atoms with Gasteiger partial charge in [-0.1, -0.05) is 12.1 Å². The molecule has 3 aromatic heterocycles. The van der Waals surface area contributed by atoms with E-state index in [-0.39, 0.29) is 5.95 Å². The molecule has 1 aromatic carbocycles. The van der Waals surface area contributed by atoms with Crippen LogP contribution in [0.5, 0.6) is 11.5 Å². The van der Waals surface area contributed by atoms with Crippen LogP contribution in [-0.2, 0) is 19.3 Å². The summed E-state index contributed by atoms with van der Waals surface area (Å²) in [5.41, 5.74) is 10.0. The van der Waals surface area contributed by atoms with Crippen molar-refractivity contribution in [2.24, 2.45) is 0 Å². The number of ether oxygens (including phenoxy) is 2. The smallest absolute Gasteiger partial charge is 0.240 e. The Morgan fingerprint density at radius 3 is 2.39 bits per heavy atom. The predicted octanol–water partition coefficient (Wildman–Crippen LogP) is 3.04. The Balaban J connectivity index is 1.60. The lowest BCUT2D eigenvalue weighted by Crippen LogP contribution is -2.10. The zero-order valence-corrected chi connectivity index (χ0v) is 19.2. The van der Waals surface area contributed by atoms with E-state index in [1.54, 1.807) is 18.9 Å². The molecule has 0 aliphatic carbocycles. The summed E-state index contributed by atoms with van der Waals surface area (Å²) in [6, 6.07) is 11.8.